The highest BCUT2D eigenvalue weighted by Crippen LogP contribution is 2.31. The first-order valence-electron chi connectivity index (χ1n) is 8.59. The van der Waals surface area contributed by atoms with Crippen LogP contribution in [0.15, 0.2) is 48.5 Å². The number of benzene rings is 2. The van der Waals surface area contributed by atoms with Crippen LogP contribution >= 0.6 is 0 Å². The van der Waals surface area contributed by atoms with E-state index >= 15 is 0 Å². The monoisotopic (exact) mass is 341 g/mol. The SMILES string of the molecule is CCCOc1ccc(C(=O)N[C@@H](C)[C@@H]2COc3ccccc3O2)cc1. The zero-order valence-electron chi connectivity index (χ0n) is 14.5. The van der Waals surface area contributed by atoms with Gasteiger partial charge in [-0.15, -0.1) is 0 Å². The molecule has 2 aromatic carbocycles. The molecule has 0 fully saturated rings. The summed E-state index contributed by atoms with van der Waals surface area (Å²) in [5.41, 5.74) is 0.591. The van der Waals surface area contributed by atoms with Gasteiger partial charge < -0.3 is 19.5 Å². The molecule has 0 bridgehead atoms. The topological polar surface area (TPSA) is 56.8 Å². The summed E-state index contributed by atoms with van der Waals surface area (Å²) in [6, 6.07) is 14.5. The van der Waals surface area contributed by atoms with Gasteiger partial charge in [0, 0.05) is 5.56 Å². The lowest BCUT2D eigenvalue weighted by Gasteiger charge is -2.30. The van der Waals surface area contributed by atoms with Crippen molar-refractivity contribution in [2.24, 2.45) is 0 Å². The van der Waals surface area contributed by atoms with Gasteiger partial charge in [0.15, 0.2) is 17.6 Å². The Morgan fingerprint density at radius 3 is 2.64 bits per heavy atom. The minimum atomic E-state index is -0.231. The van der Waals surface area contributed by atoms with Gasteiger partial charge in [-0.2, -0.15) is 0 Å². The zero-order chi connectivity index (χ0) is 17.6. The highest BCUT2D eigenvalue weighted by Gasteiger charge is 2.27. The van der Waals surface area contributed by atoms with E-state index in [1.54, 1.807) is 12.1 Å². The molecule has 0 spiro atoms. The van der Waals surface area contributed by atoms with E-state index in [1.807, 2.05) is 43.3 Å². The van der Waals surface area contributed by atoms with E-state index in [9.17, 15) is 4.79 Å². The summed E-state index contributed by atoms with van der Waals surface area (Å²) in [5, 5.41) is 2.97. The molecule has 5 nitrogen and oxygen atoms in total. The fourth-order valence-corrected chi connectivity index (χ4v) is 2.59. The number of hydrogen-bond acceptors (Lipinski definition) is 4. The molecule has 1 aliphatic rings. The first-order valence-corrected chi connectivity index (χ1v) is 8.59. The van der Waals surface area contributed by atoms with Crippen molar-refractivity contribution in [3.8, 4) is 17.2 Å². The van der Waals surface area contributed by atoms with Crippen molar-refractivity contribution in [1.29, 1.82) is 0 Å². The Balaban J connectivity index is 1.57. The molecule has 25 heavy (non-hydrogen) atoms. The average molecular weight is 341 g/mol. The maximum atomic E-state index is 12.4. The minimum absolute atomic E-state index is 0.142. The van der Waals surface area contributed by atoms with Crippen molar-refractivity contribution in [1.82, 2.24) is 5.32 Å². The van der Waals surface area contributed by atoms with Gasteiger partial charge in [0.05, 0.1) is 12.6 Å². The van der Waals surface area contributed by atoms with E-state index in [0.29, 0.717) is 24.5 Å². The van der Waals surface area contributed by atoms with E-state index in [-0.39, 0.29) is 18.1 Å². The van der Waals surface area contributed by atoms with Crippen LogP contribution in [-0.4, -0.2) is 31.3 Å². The van der Waals surface area contributed by atoms with Crippen LogP contribution in [0.4, 0.5) is 0 Å². The van der Waals surface area contributed by atoms with E-state index in [2.05, 4.69) is 12.2 Å². The molecule has 2 atom stereocenters. The van der Waals surface area contributed by atoms with Crippen molar-refractivity contribution >= 4 is 5.91 Å². The smallest absolute Gasteiger partial charge is 0.251 e. The lowest BCUT2D eigenvalue weighted by atomic mass is 10.1. The second-order valence-electron chi connectivity index (χ2n) is 6.05. The predicted molar refractivity (Wildman–Crippen MR) is 95.5 cm³/mol. The third kappa shape index (κ3) is 4.24. The standard InChI is InChI=1S/C20H23NO4/c1-3-12-23-16-10-8-15(9-11-16)20(22)21-14(2)19-13-24-17-6-4-5-7-18(17)25-19/h4-11,14,19H,3,12-13H2,1-2H3,(H,21,22)/t14-,19-/m0/s1. The van der Waals surface area contributed by atoms with Gasteiger partial charge in [-0.3, -0.25) is 4.79 Å². The molecule has 0 aliphatic carbocycles. The Hall–Kier alpha value is -2.69. The summed E-state index contributed by atoms with van der Waals surface area (Å²) in [7, 11) is 0. The third-order valence-electron chi connectivity index (χ3n) is 4.04. The molecule has 2 aromatic rings. The van der Waals surface area contributed by atoms with Crippen LogP contribution in [0.1, 0.15) is 30.6 Å². The molecular weight excluding hydrogens is 318 g/mol. The molecule has 5 heteroatoms. The number of para-hydroxylation sites is 2. The molecule has 1 heterocycles. The van der Waals surface area contributed by atoms with Crippen LogP contribution in [0.25, 0.3) is 0 Å². The van der Waals surface area contributed by atoms with Crippen molar-refractivity contribution in [3.05, 3.63) is 54.1 Å². The number of rotatable bonds is 6. The Bertz CT molecular complexity index is 714. The number of fused-ring (bicyclic) bond motifs is 1. The Labute approximate surface area is 147 Å². The molecule has 1 aliphatic heterocycles. The lowest BCUT2D eigenvalue weighted by molar-refractivity contribution is 0.0606. The Morgan fingerprint density at radius 1 is 1.20 bits per heavy atom. The van der Waals surface area contributed by atoms with Gasteiger partial charge in [0.1, 0.15) is 12.4 Å². The number of carbonyl (C=O) groups excluding carboxylic acids is 1. The van der Waals surface area contributed by atoms with Crippen LogP contribution in [0, 0.1) is 0 Å². The molecule has 0 radical (unpaired) electrons. The average Bonchev–Trinajstić information content (AvgIpc) is 2.66. The highest BCUT2D eigenvalue weighted by molar-refractivity contribution is 5.94. The lowest BCUT2D eigenvalue weighted by Crippen LogP contribution is -2.48. The van der Waals surface area contributed by atoms with Crippen molar-refractivity contribution < 1.29 is 19.0 Å². The fourth-order valence-electron chi connectivity index (χ4n) is 2.59. The minimum Gasteiger partial charge on any atom is -0.494 e. The second-order valence-corrected chi connectivity index (χ2v) is 6.05. The maximum absolute atomic E-state index is 12.4. The van der Waals surface area contributed by atoms with Crippen molar-refractivity contribution in [2.75, 3.05) is 13.2 Å². The van der Waals surface area contributed by atoms with Crippen LogP contribution < -0.4 is 19.5 Å². The molecule has 0 saturated heterocycles. The number of amides is 1. The van der Waals surface area contributed by atoms with E-state index in [4.69, 9.17) is 14.2 Å². The van der Waals surface area contributed by atoms with Crippen LogP contribution in [-0.2, 0) is 0 Å². The molecule has 1 N–H and O–H groups in total. The number of ether oxygens (including phenoxy) is 3. The summed E-state index contributed by atoms with van der Waals surface area (Å²) < 4.78 is 17.2. The van der Waals surface area contributed by atoms with Gasteiger partial charge in [0.2, 0.25) is 0 Å². The Morgan fingerprint density at radius 2 is 1.92 bits per heavy atom. The largest absolute Gasteiger partial charge is 0.494 e. The summed E-state index contributed by atoms with van der Waals surface area (Å²) in [6.07, 6.45) is 0.720. The summed E-state index contributed by atoms with van der Waals surface area (Å²) >= 11 is 0. The van der Waals surface area contributed by atoms with Crippen LogP contribution in [0.5, 0.6) is 17.2 Å². The molecule has 1 amide bonds. The number of nitrogens with one attached hydrogen (secondary N) is 1. The molecule has 0 saturated carbocycles. The third-order valence-corrected chi connectivity index (χ3v) is 4.04. The highest BCUT2D eigenvalue weighted by atomic mass is 16.6. The predicted octanol–water partition coefficient (Wildman–Crippen LogP) is 3.43. The molecule has 3 rings (SSSR count). The van der Waals surface area contributed by atoms with Gasteiger partial charge in [-0.05, 0) is 49.7 Å². The molecular formula is C20H23NO4. The van der Waals surface area contributed by atoms with E-state index < -0.39 is 0 Å². The normalized spacial score (nSPS) is 16.8. The van der Waals surface area contributed by atoms with E-state index in [0.717, 1.165) is 17.9 Å². The van der Waals surface area contributed by atoms with Gasteiger partial charge in [-0.1, -0.05) is 19.1 Å². The van der Waals surface area contributed by atoms with Crippen LogP contribution in [0.3, 0.4) is 0 Å². The van der Waals surface area contributed by atoms with Crippen LogP contribution in [0.2, 0.25) is 0 Å². The van der Waals surface area contributed by atoms with E-state index in [1.165, 1.54) is 0 Å². The summed E-state index contributed by atoms with van der Waals surface area (Å²) in [5.74, 6) is 2.07. The quantitative estimate of drug-likeness (QED) is 0.874. The van der Waals surface area contributed by atoms with Gasteiger partial charge in [-0.25, -0.2) is 0 Å². The maximum Gasteiger partial charge on any atom is 0.251 e. The second kappa shape index (κ2) is 7.92. The molecule has 0 aromatic heterocycles. The number of hydrogen-bond donors (Lipinski definition) is 1. The molecule has 0 unspecified atom stereocenters. The first-order chi connectivity index (χ1) is 12.2. The Kier molecular flexibility index (Phi) is 5.43. The zero-order valence-corrected chi connectivity index (χ0v) is 14.5. The fraction of sp³-hybridized carbons (Fsp3) is 0.350. The van der Waals surface area contributed by atoms with Crippen molar-refractivity contribution in [3.63, 3.8) is 0 Å². The number of carbonyl (C=O) groups is 1. The van der Waals surface area contributed by atoms with Gasteiger partial charge in [0.25, 0.3) is 5.91 Å². The summed E-state index contributed by atoms with van der Waals surface area (Å²) in [6.45, 7) is 5.04. The first kappa shape index (κ1) is 17.1. The molecule has 132 valence electrons. The summed E-state index contributed by atoms with van der Waals surface area (Å²) in [4.78, 5) is 12.4. The van der Waals surface area contributed by atoms with Gasteiger partial charge >= 0.3 is 0 Å². The van der Waals surface area contributed by atoms with Crippen molar-refractivity contribution in [2.45, 2.75) is 32.4 Å².